The minimum atomic E-state index is -1.11. The van der Waals surface area contributed by atoms with Gasteiger partial charge in [0.25, 0.3) is 0 Å². The molecule has 0 saturated heterocycles. The number of aromatic hydroxyl groups is 2. The van der Waals surface area contributed by atoms with Gasteiger partial charge in [-0.15, -0.1) is 0 Å². The van der Waals surface area contributed by atoms with Crippen LogP contribution >= 0.6 is 0 Å². The molecule has 15 heavy (non-hydrogen) atoms. The van der Waals surface area contributed by atoms with Crippen LogP contribution in [0.4, 0.5) is 0 Å². The van der Waals surface area contributed by atoms with Crippen molar-refractivity contribution in [2.75, 3.05) is 0 Å². The van der Waals surface area contributed by atoms with Gasteiger partial charge in [0.15, 0.2) is 0 Å². The van der Waals surface area contributed by atoms with Gasteiger partial charge in [-0.1, -0.05) is 20.8 Å². The minimum absolute atomic E-state index is 0.0467. The van der Waals surface area contributed by atoms with E-state index in [1.54, 1.807) is 6.92 Å². The standard InChI is InChI=1S/C12H18O3/c1-11(2,3)12(4,15)8-5-9(13)7-10(14)6-8/h5-7,13-15H,1-4H3. The van der Waals surface area contributed by atoms with Crippen molar-refractivity contribution in [1.29, 1.82) is 0 Å². The lowest BCUT2D eigenvalue weighted by atomic mass is 9.73. The average molecular weight is 210 g/mol. The molecule has 1 rings (SSSR count). The van der Waals surface area contributed by atoms with Crippen LogP contribution in [0.25, 0.3) is 0 Å². The van der Waals surface area contributed by atoms with Crippen molar-refractivity contribution in [2.45, 2.75) is 33.3 Å². The number of benzene rings is 1. The summed E-state index contributed by atoms with van der Waals surface area (Å²) < 4.78 is 0. The zero-order valence-corrected chi connectivity index (χ0v) is 9.57. The molecule has 0 amide bonds. The van der Waals surface area contributed by atoms with E-state index in [9.17, 15) is 15.3 Å². The van der Waals surface area contributed by atoms with Gasteiger partial charge in [-0.2, -0.15) is 0 Å². The van der Waals surface area contributed by atoms with E-state index >= 15 is 0 Å². The third kappa shape index (κ3) is 2.23. The number of rotatable bonds is 1. The van der Waals surface area contributed by atoms with Crippen LogP contribution < -0.4 is 0 Å². The van der Waals surface area contributed by atoms with E-state index in [0.717, 1.165) is 0 Å². The van der Waals surface area contributed by atoms with Crippen molar-refractivity contribution < 1.29 is 15.3 Å². The van der Waals surface area contributed by atoms with Crippen LogP contribution in [0, 0.1) is 5.41 Å². The summed E-state index contributed by atoms with van der Waals surface area (Å²) in [6.07, 6.45) is 0. The second-order valence-corrected chi connectivity index (χ2v) is 5.06. The van der Waals surface area contributed by atoms with Gasteiger partial charge in [-0.05, 0) is 30.0 Å². The lowest BCUT2D eigenvalue weighted by molar-refractivity contribution is -0.0472. The number of hydrogen-bond donors (Lipinski definition) is 3. The molecule has 0 heterocycles. The first-order valence-corrected chi connectivity index (χ1v) is 4.90. The Balaban J connectivity index is 3.27. The van der Waals surface area contributed by atoms with Crippen LogP contribution in [-0.4, -0.2) is 15.3 Å². The zero-order valence-electron chi connectivity index (χ0n) is 9.57. The lowest BCUT2D eigenvalue weighted by Crippen LogP contribution is -2.36. The molecule has 0 radical (unpaired) electrons. The van der Waals surface area contributed by atoms with Crippen molar-refractivity contribution >= 4 is 0 Å². The summed E-state index contributed by atoms with van der Waals surface area (Å²) in [7, 11) is 0. The molecule has 0 aliphatic carbocycles. The molecule has 0 saturated carbocycles. The van der Waals surface area contributed by atoms with Crippen LogP contribution in [-0.2, 0) is 5.60 Å². The van der Waals surface area contributed by atoms with Crippen molar-refractivity contribution in [3.63, 3.8) is 0 Å². The third-order valence-electron chi connectivity index (χ3n) is 2.93. The highest BCUT2D eigenvalue weighted by molar-refractivity contribution is 5.39. The van der Waals surface area contributed by atoms with E-state index in [-0.39, 0.29) is 16.9 Å². The molecule has 84 valence electrons. The molecule has 0 fully saturated rings. The first-order chi connectivity index (χ1) is 6.64. The summed E-state index contributed by atoms with van der Waals surface area (Å²) in [5.41, 5.74) is -0.983. The quantitative estimate of drug-likeness (QED) is 0.666. The maximum absolute atomic E-state index is 10.3. The molecule has 1 aromatic rings. The van der Waals surface area contributed by atoms with Gasteiger partial charge in [0.2, 0.25) is 0 Å². The average Bonchev–Trinajstić information content (AvgIpc) is 1.99. The monoisotopic (exact) mass is 210 g/mol. The second kappa shape index (κ2) is 3.42. The SMILES string of the molecule is CC(C)(C)C(C)(O)c1cc(O)cc(O)c1. The van der Waals surface area contributed by atoms with Gasteiger partial charge in [-0.3, -0.25) is 0 Å². The van der Waals surface area contributed by atoms with Crippen molar-refractivity contribution in [1.82, 2.24) is 0 Å². The predicted octanol–water partition coefficient (Wildman–Crippen LogP) is 2.35. The summed E-state index contributed by atoms with van der Waals surface area (Å²) in [5, 5.41) is 29.1. The molecule has 3 nitrogen and oxygen atoms in total. The summed E-state index contributed by atoms with van der Waals surface area (Å²) >= 11 is 0. The van der Waals surface area contributed by atoms with Gasteiger partial charge in [0.05, 0.1) is 5.60 Å². The normalized spacial score (nSPS) is 16.1. The van der Waals surface area contributed by atoms with Gasteiger partial charge in [0.1, 0.15) is 11.5 Å². The van der Waals surface area contributed by atoms with Gasteiger partial charge in [0, 0.05) is 6.07 Å². The molecule has 1 unspecified atom stereocenters. The van der Waals surface area contributed by atoms with E-state index < -0.39 is 5.60 Å². The van der Waals surface area contributed by atoms with Gasteiger partial charge >= 0.3 is 0 Å². The molecule has 1 atom stereocenters. The Morgan fingerprint density at radius 2 is 1.27 bits per heavy atom. The minimum Gasteiger partial charge on any atom is -0.508 e. The maximum Gasteiger partial charge on any atom is 0.119 e. The number of phenols is 2. The van der Waals surface area contributed by atoms with Crippen LogP contribution in [0.5, 0.6) is 11.5 Å². The molecule has 0 aliphatic heterocycles. The zero-order chi connectivity index (χ0) is 11.9. The van der Waals surface area contributed by atoms with E-state index in [0.29, 0.717) is 5.56 Å². The number of aliphatic hydroxyl groups is 1. The largest absolute Gasteiger partial charge is 0.508 e. The molecule has 3 heteroatoms. The number of phenolic OH excluding ortho intramolecular Hbond substituents is 2. The Morgan fingerprint density at radius 1 is 0.867 bits per heavy atom. The van der Waals surface area contributed by atoms with Crippen LogP contribution in [0.3, 0.4) is 0 Å². The smallest absolute Gasteiger partial charge is 0.119 e. The van der Waals surface area contributed by atoms with Crippen LogP contribution in [0.1, 0.15) is 33.3 Å². The molecule has 0 spiro atoms. The highest BCUT2D eigenvalue weighted by atomic mass is 16.3. The molecule has 1 aromatic carbocycles. The Labute approximate surface area is 90.0 Å². The van der Waals surface area contributed by atoms with Crippen molar-refractivity contribution in [2.24, 2.45) is 5.41 Å². The van der Waals surface area contributed by atoms with Crippen molar-refractivity contribution in [3.8, 4) is 11.5 Å². The Morgan fingerprint density at radius 3 is 1.60 bits per heavy atom. The fraction of sp³-hybridized carbons (Fsp3) is 0.500. The van der Waals surface area contributed by atoms with E-state index in [2.05, 4.69) is 0 Å². The summed E-state index contributed by atoms with van der Waals surface area (Å²) in [5.74, 6) is -0.0935. The Bertz CT molecular complexity index is 341. The van der Waals surface area contributed by atoms with E-state index in [1.165, 1.54) is 18.2 Å². The summed E-state index contributed by atoms with van der Waals surface area (Å²) in [6, 6.07) is 4.16. The maximum atomic E-state index is 10.3. The third-order valence-corrected chi connectivity index (χ3v) is 2.93. The Hall–Kier alpha value is -1.22. The molecule has 0 bridgehead atoms. The van der Waals surface area contributed by atoms with E-state index in [4.69, 9.17) is 0 Å². The van der Waals surface area contributed by atoms with E-state index in [1.807, 2.05) is 20.8 Å². The highest BCUT2D eigenvalue weighted by Crippen LogP contribution is 2.40. The molecule has 3 N–H and O–H groups in total. The molecule has 0 aliphatic rings. The van der Waals surface area contributed by atoms with Gasteiger partial charge < -0.3 is 15.3 Å². The Kier molecular flexibility index (Phi) is 2.70. The second-order valence-electron chi connectivity index (χ2n) is 5.06. The predicted molar refractivity (Wildman–Crippen MR) is 58.8 cm³/mol. The topological polar surface area (TPSA) is 60.7 Å². The van der Waals surface area contributed by atoms with Crippen LogP contribution in [0.15, 0.2) is 18.2 Å². The highest BCUT2D eigenvalue weighted by Gasteiger charge is 2.37. The fourth-order valence-electron chi connectivity index (χ4n) is 1.31. The van der Waals surface area contributed by atoms with Gasteiger partial charge in [-0.25, -0.2) is 0 Å². The first kappa shape index (κ1) is 11.9. The molecular weight excluding hydrogens is 192 g/mol. The first-order valence-electron chi connectivity index (χ1n) is 4.90. The lowest BCUT2D eigenvalue weighted by Gasteiger charge is -2.37. The number of hydrogen-bond acceptors (Lipinski definition) is 3. The summed E-state index contributed by atoms with van der Waals surface area (Å²) in [4.78, 5) is 0. The van der Waals surface area contributed by atoms with Crippen molar-refractivity contribution in [3.05, 3.63) is 23.8 Å². The molecule has 0 aromatic heterocycles. The molecular formula is C12H18O3. The van der Waals surface area contributed by atoms with Crippen LogP contribution in [0.2, 0.25) is 0 Å². The fourth-order valence-corrected chi connectivity index (χ4v) is 1.31. The summed E-state index contributed by atoms with van der Waals surface area (Å²) in [6.45, 7) is 7.36.